The molecule has 4 heterocycles. The third-order valence-electron chi connectivity index (χ3n) is 5.00. The van der Waals surface area contributed by atoms with E-state index >= 15 is 0 Å². The fraction of sp³-hybridized carbons (Fsp3) is 0.500. The van der Waals surface area contributed by atoms with Crippen LogP contribution in [0.2, 0.25) is 0 Å². The van der Waals surface area contributed by atoms with Crippen molar-refractivity contribution in [2.75, 3.05) is 19.7 Å². The van der Waals surface area contributed by atoms with Crippen LogP contribution in [0.4, 0.5) is 0 Å². The summed E-state index contributed by atoms with van der Waals surface area (Å²) < 4.78 is 5.50. The molecule has 2 saturated heterocycles. The number of hydrogen-bond acceptors (Lipinski definition) is 6. The van der Waals surface area contributed by atoms with Crippen molar-refractivity contribution in [2.24, 2.45) is 0 Å². The van der Waals surface area contributed by atoms with Crippen LogP contribution >= 0.6 is 0 Å². The van der Waals surface area contributed by atoms with Crippen molar-refractivity contribution < 1.29 is 9.53 Å². The Morgan fingerprint density at radius 2 is 2.08 bits per heavy atom. The Hall–Kier alpha value is -2.61. The third kappa shape index (κ3) is 3.50. The first-order valence-corrected chi connectivity index (χ1v) is 8.99. The monoisotopic (exact) mass is 355 g/mol. The van der Waals surface area contributed by atoms with Gasteiger partial charge in [0.05, 0.1) is 11.9 Å². The molecule has 136 valence electrons. The highest BCUT2D eigenvalue weighted by atomic mass is 16.5. The second-order valence-corrected chi connectivity index (χ2v) is 6.71. The number of piperidine rings is 1. The Morgan fingerprint density at radius 3 is 2.77 bits per heavy atom. The van der Waals surface area contributed by atoms with E-state index < -0.39 is 0 Å². The molecule has 0 aromatic carbocycles. The zero-order chi connectivity index (χ0) is 17.9. The number of nitrogens with zero attached hydrogens (tertiary/aromatic N) is 4. The van der Waals surface area contributed by atoms with E-state index in [4.69, 9.17) is 4.74 Å². The molecule has 1 N–H and O–H groups in total. The fourth-order valence-electron chi connectivity index (χ4n) is 3.60. The highest BCUT2D eigenvalue weighted by Gasteiger charge is 2.31. The number of H-pyrrole nitrogens is 1. The minimum absolute atomic E-state index is 0.0973. The van der Waals surface area contributed by atoms with E-state index in [9.17, 15) is 9.59 Å². The van der Waals surface area contributed by atoms with Crippen LogP contribution in [0.15, 0.2) is 29.5 Å². The number of nitrogens with one attached hydrogen (secondary N) is 1. The Balaban J connectivity index is 1.47. The standard InChI is InChI=1S/C18H21N5O3/c24-16-10-13(21-17(22-16)14-11-19-5-6-20-14)12-3-7-23(8-4-12)18(25)15-2-1-9-26-15/h5-6,10-12,15H,1-4,7-9H2,(H,21,22,24)/t15-/m1/s1. The van der Waals surface area contributed by atoms with Crippen LogP contribution in [0.3, 0.4) is 0 Å². The van der Waals surface area contributed by atoms with Crippen molar-refractivity contribution in [1.29, 1.82) is 0 Å². The lowest BCUT2D eigenvalue weighted by Gasteiger charge is -2.33. The van der Waals surface area contributed by atoms with Crippen LogP contribution in [0, 0.1) is 0 Å². The molecule has 0 saturated carbocycles. The van der Waals surface area contributed by atoms with Crippen molar-refractivity contribution >= 4 is 5.91 Å². The van der Waals surface area contributed by atoms with Crippen LogP contribution in [0.5, 0.6) is 0 Å². The molecule has 8 nitrogen and oxygen atoms in total. The average Bonchev–Trinajstić information content (AvgIpc) is 3.22. The molecule has 0 unspecified atom stereocenters. The van der Waals surface area contributed by atoms with Crippen molar-refractivity contribution in [3.63, 3.8) is 0 Å². The lowest BCUT2D eigenvalue weighted by molar-refractivity contribution is -0.142. The van der Waals surface area contributed by atoms with E-state index in [-0.39, 0.29) is 23.5 Å². The Labute approximate surface area is 150 Å². The summed E-state index contributed by atoms with van der Waals surface area (Å²) in [6.07, 6.45) is 7.79. The Bertz CT molecular complexity index is 824. The van der Waals surface area contributed by atoms with Crippen LogP contribution in [0.25, 0.3) is 11.5 Å². The van der Waals surface area contributed by atoms with Gasteiger partial charge in [-0.15, -0.1) is 0 Å². The van der Waals surface area contributed by atoms with Gasteiger partial charge in [0.1, 0.15) is 11.8 Å². The largest absolute Gasteiger partial charge is 0.368 e. The summed E-state index contributed by atoms with van der Waals surface area (Å²) in [6, 6.07) is 1.54. The summed E-state index contributed by atoms with van der Waals surface area (Å²) in [5, 5.41) is 0. The molecular formula is C18H21N5O3. The van der Waals surface area contributed by atoms with Gasteiger partial charge in [0.25, 0.3) is 11.5 Å². The lowest BCUT2D eigenvalue weighted by Crippen LogP contribution is -2.43. The average molecular weight is 355 g/mol. The highest BCUT2D eigenvalue weighted by molar-refractivity contribution is 5.81. The normalized spacial score (nSPS) is 21.1. The Morgan fingerprint density at radius 1 is 1.23 bits per heavy atom. The summed E-state index contributed by atoms with van der Waals surface area (Å²) in [7, 11) is 0. The van der Waals surface area contributed by atoms with Gasteiger partial charge >= 0.3 is 0 Å². The van der Waals surface area contributed by atoms with Crippen LogP contribution in [-0.2, 0) is 9.53 Å². The molecule has 2 aliphatic rings. The van der Waals surface area contributed by atoms with Gasteiger partial charge in [0.15, 0.2) is 5.82 Å². The molecule has 2 aromatic rings. The van der Waals surface area contributed by atoms with Gasteiger partial charge in [-0.2, -0.15) is 0 Å². The molecule has 1 amide bonds. The molecule has 2 fully saturated rings. The van der Waals surface area contributed by atoms with Gasteiger partial charge in [0, 0.05) is 44.1 Å². The van der Waals surface area contributed by atoms with Crippen molar-refractivity contribution in [2.45, 2.75) is 37.7 Å². The summed E-state index contributed by atoms with van der Waals surface area (Å²) in [4.78, 5) is 41.9. The number of rotatable bonds is 3. The first-order valence-electron chi connectivity index (χ1n) is 8.99. The molecule has 0 bridgehead atoms. The molecule has 0 spiro atoms. The fourth-order valence-corrected chi connectivity index (χ4v) is 3.60. The molecule has 4 rings (SSSR count). The molecule has 2 aromatic heterocycles. The maximum Gasteiger partial charge on any atom is 0.251 e. The predicted molar refractivity (Wildman–Crippen MR) is 93.4 cm³/mol. The number of amides is 1. The van der Waals surface area contributed by atoms with Gasteiger partial charge in [-0.3, -0.25) is 14.6 Å². The molecule has 2 aliphatic heterocycles. The number of carbonyl (C=O) groups excluding carboxylic acids is 1. The summed E-state index contributed by atoms with van der Waals surface area (Å²) in [5.41, 5.74) is 1.09. The Kier molecular flexibility index (Phi) is 4.75. The number of ether oxygens (including phenoxy) is 1. The zero-order valence-electron chi connectivity index (χ0n) is 14.4. The minimum atomic E-state index is -0.271. The predicted octanol–water partition coefficient (Wildman–Crippen LogP) is 1.11. The van der Waals surface area contributed by atoms with E-state index in [0.29, 0.717) is 31.2 Å². The first-order chi connectivity index (χ1) is 12.7. The molecular weight excluding hydrogens is 334 g/mol. The van der Waals surface area contributed by atoms with Gasteiger partial charge in [-0.1, -0.05) is 0 Å². The summed E-state index contributed by atoms with van der Waals surface area (Å²) in [6.45, 7) is 2.01. The van der Waals surface area contributed by atoms with Crippen LogP contribution in [-0.4, -0.2) is 56.5 Å². The second kappa shape index (κ2) is 7.33. The first kappa shape index (κ1) is 16.8. The maximum absolute atomic E-state index is 12.5. The zero-order valence-corrected chi connectivity index (χ0v) is 14.4. The number of aromatic amines is 1. The van der Waals surface area contributed by atoms with Crippen molar-refractivity contribution in [1.82, 2.24) is 24.8 Å². The quantitative estimate of drug-likeness (QED) is 0.885. The van der Waals surface area contributed by atoms with Gasteiger partial charge < -0.3 is 14.6 Å². The summed E-state index contributed by atoms with van der Waals surface area (Å²) in [5.74, 6) is 0.680. The van der Waals surface area contributed by atoms with Crippen molar-refractivity contribution in [3.05, 3.63) is 40.7 Å². The topological polar surface area (TPSA) is 101 Å². The third-order valence-corrected chi connectivity index (χ3v) is 5.00. The van der Waals surface area contributed by atoms with Gasteiger partial charge in [0.2, 0.25) is 0 Å². The molecule has 1 atom stereocenters. The smallest absolute Gasteiger partial charge is 0.251 e. The van der Waals surface area contributed by atoms with Crippen LogP contribution in [0.1, 0.15) is 37.3 Å². The maximum atomic E-state index is 12.5. The second-order valence-electron chi connectivity index (χ2n) is 6.71. The van der Waals surface area contributed by atoms with E-state index in [1.54, 1.807) is 24.7 Å². The number of likely N-dealkylation sites (tertiary alicyclic amines) is 1. The molecule has 0 radical (unpaired) electrons. The lowest BCUT2D eigenvalue weighted by atomic mass is 9.93. The van der Waals surface area contributed by atoms with E-state index in [2.05, 4.69) is 19.9 Å². The van der Waals surface area contributed by atoms with Gasteiger partial charge in [-0.25, -0.2) is 9.97 Å². The van der Waals surface area contributed by atoms with Crippen LogP contribution < -0.4 is 5.56 Å². The molecule has 0 aliphatic carbocycles. The number of aromatic nitrogens is 4. The number of hydrogen-bond donors (Lipinski definition) is 1. The van der Waals surface area contributed by atoms with Crippen molar-refractivity contribution in [3.8, 4) is 11.5 Å². The molecule has 8 heteroatoms. The van der Waals surface area contributed by atoms with Gasteiger partial charge in [-0.05, 0) is 25.7 Å². The molecule has 26 heavy (non-hydrogen) atoms. The minimum Gasteiger partial charge on any atom is -0.368 e. The van der Waals surface area contributed by atoms with E-state index in [1.807, 2.05) is 4.90 Å². The highest BCUT2D eigenvalue weighted by Crippen LogP contribution is 2.28. The van der Waals surface area contributed by atoms with E-state index in [0.717, 1.165) is 31.4 Å². The van der Waals surface area contributed by atoms with E-state index in [1.165, 1.54) is 0 Å². The summed E-state index contributed by atoms with van der Waals surface area (Å²) >= 11 is 0. The SMILES string of the molecule is O=C([C@H]1CCCO1)N1CCC(c2cc(=O)[nH]c(-c3cnccn3)n2)CC1. The number of carbonyl (C=O) groups is 1.